The second kappa shape index (κ2) is 6.49. The summed E-state index contributed by atoms with van der Waals surface area (Å²) < 4.78 is 10.0. The summed E-state index contributed by atoms with van der Waals surface area (Å²) in [6.45, 7) is 4.58. The van der Waals surface area contributed by atoms with Gasteiger partial charge in [-0.2, -0.15) is 0 Å². The van der Waals surface area contributed by atoms with Crippen LogP contribution in [0.1, 0.15) is 27.7 Å². The van der Waals surface area contributed by atoms with Crippen LogP contribution >= 0.6 is 11.3 Å². The molecule has 1 unspecified atom stereocenters. The number of aromatic carboxylic acids is 1. The van der Waals surface area contributed by atoms with Crippen LogP contribution in [0.15, 0.2) is 12.7 Å². The van der Waals surface area contributed by atoms with Crippen molar-refractivity contribution in [2.45, 2.75) is 12.3 Å². The smallest absolute Gasteiger partial charge is 0.413 e. The van der Waals surface area contributed by atoms with Crippen LogP contribution in [0.5, 0.6) is 0 Å². The lowest BCUT2D eigenvalue weighted by Gasteiger charge is -2.04. The molecule has 0 radical (unpaired) electrons. The Labute approximate surface area is 119 Å². The average molecular weight is 298 g/mol. The number of hydrogen-bond donors (Lipinski definition) is 2. The van der Waals surface area contributed by atoms with Crippen molar-refractivity contribution in [2.75, 3.05) is 25.1 Å². The first-order chi connectivity index (χ1) is 9.61. The van der Waals surface area contributed by atoms with E-state index in [0.29, 0.717) is 18.1 Å². The summed E-state index contributed by atoms with van der Waals surface area (Å²) >= 11 is 1.14. The van der Waals surface area contributed by atoms with Crippen LogP contribution in [0, 0.1) is 0 Å². The van der Waals surface area contributed by atoms with Crippen LogP contribution in [0.4, 0.5) is 9.93 Å². The molecular weight excluding hydrogens is 284 g/mol. The minimum Gasteiger partial charge on any atom is -0.476 e. The van der Waals surface area contributed by atoms with Crippen LogP contribution in [0.25, 0.3) is 0 Å². The van der Waals surface area contributed by atoms with Crippen LogP contribution < -0.4 is 5.32 Å². The summed E-state index contributed by atoms with van der Waals surface area (Å²) in [5.41, 5.74) is -0.0375. The lowest BCUT2D eigenvalue weighted by molar-refractivity contribution is 0.0689. The van der Waals surface area contributed by atoms with E-state index in [1.54, 1.807) is 0 Å². The number of nitrogens with zero attached hydrogens (tertiary/aromatic N) is 1. The normalized spacial score (nSPS) is 17.7. The van der Waals surface area contributed by atoms with E-state index in [1.165, 1.54) is 6.08 Å². The van der Waals surface area contributed by atoms with Gasteiger partial charge in [0.25, 0.3) is 0 Å². The molecule has 0 aromatic carbocycles. The van der Waals surface area contributed by atoms with E-state index in [0.717, 1.165) is 17.8 Å². The topological polar surface area (TPSA) is 97.8 Å². The lowest BCUT2D eigenvalue weighted by atomic mass is 10.1. The summed E-state index contributed by atoms with van der Waals surface area (Å²) in [6, 6.07) is 0. The van der Waals surface area contributed by atoms with Gasteiger partial charge in [-0.25, -0.2) is 14.6 Å². The van der Waals surface area contributed by atoms with Gasteiger partial charge < -0.3 is 14.6 Å². The fraction of sp³-hybridized carbons (Fsp3) is 0.417. The SMILES string of the molecule is C=CCOC(=O)Nc1nc(C(=O)O)c(C2CCOC2)s1. The van der Waals surface area contributed by atoms with Gasteiger partial charge in [-0.05, 0) is 6.42 Å². The van der Waals surface area contributed by atoms with Gasteiger partial charge in [0.05, 0.1) is 6.61 Å². The molecule has 0 aliphatic carbocycles. The maximum atomic E-state index is 11.4. The number of aromatic nitrogens is 1. The molecular formula is C12H14N2O5S. The molecule has 108 valence electrons. The van der Waals surface area contributed by atoms with Crippen molar-refractivity contribution in [3.63, 3.8) is 0 Å². The van der Waals surface area contributed by atoms with Crippen molar-refractivity contribution in [3.05, 3.63) is 23.2 Å². The van der Waals surface area contributed by atoms with Crippen LogP contribution in [0.3, 0.4) is 0 Å². The number of anilines is 1. The third kappa shape index (κ3) is 3.34. The first-order valence-electron chi connectivity index (χ1n) is 5.98. The molecule has 7 nitrogen and oxygen atoms in total. The first kappa shape index (κ1) is 14.5. The monoisotopic (exact) mass is 298 g/mol. The number of amides is 1. The minimum absolute atomic E-state index is 0.0124. The molecule has 20 heavy (non-hydrogen) atoms. The number of carboxylic acid groups (broad SMARTS) is 1. The zero-order valence-corrected chi connectivity index (χ0v) is 11.4. The van der Waals surface area contributed by atoms with Crippen LogP contribution in [-0.2, 0) is 9.47 Å². The molecule has 1 aromatic rings. The van der Waals surface area contributed by atoms with E-state index in [4.69, 9.17) is 14.6 Å². The van der Waals surface area contributed by atoms with Gasteiger partial charge in [0.2, 0.25) is 0 Å². The van der Waals surface area contributed by atoms with Crippen molar-refractivity contribution in [1.29, 1.82) is 0 Å². The Bertz CT molecular complexity index is 522. The van der Waals surface area contributed by atoms with Crippen molar-refractivity contribution >= 4 is 28.5 Å². The zero-order valence-electron chi connectivity index (χ0n) is 10.6. The molecule has 1 saturated heterocycles. The third-order valence-electron chi connectivity index (χ3n) is 2.70. The maximum Gasteiger partial charge on any atom is 0.413 e. The van der Waals surface area contributed by atoms with E-state index in [2.05, 4.69) is 16.9 Å². The summed E-state index contributed by atoms with van der Waals surface area (Å²) in [5.74, 6) is -1.10. The first-order valence-corrected chi connectivity index (χ1v) is 6.80. The van der Waals surface area contributed by atoms with Crippen LogP contribution in [-0.4, -0.2) is 42.0 Å². The number of thiazole rings is 1. The molecule has 1 aliphatic rings. The van der Waals surface area contributed by atoms with Gasteiger partial charge in [0.15, 0.2) is 10.8 Å². The Morgan fingerprint density at radius 3 is 3.05 bits per heavy atom. The molecule has 0 spiro atoms. The summed E-state index contributed by atoms with van der Waals surface area (Å²) in [4.78, 5) is 27.1. The van der Waals surface area contributed by atoms with Crippen molar-refractivity contribution < 1.29 is 24.2 Å². The average Bonchev–Trinajstić information content (AvgIpc) is 3.04. The molecule has 2 rings (SSSR count). The van der Waals surface area contributed by atoms with Gasteiger partial charge in [-0.3, -0.25) is 5.32 Å². The molecule has 1 aromatic heterocycles. The molecule has 0 saturated carbocycles. The minimum atomic E-state index is -1.12. The van der Waals surface area contributed by atoms with Gasteiger partial charge in [-0.15, -0.1) is 11.3 Å². The molecule has 2 heterocycles. The fourth-order valence-electron chi connectivity index (χ4n) is 1.81. The Hall–Kier alpha value is -1.93. The highest BCUT2D eigenvalue weighted by Crippen LogP contribution is 2.34. The summed E-state index contributed by atoms with van der Waals surface area (Å²) in [5, 5.41) is 11.8. The fourth-order valence-corrected chi connectivity index (χ4v) is 2.88. The van der Waals surface area contributed by atoms with E-state index in [9.17, 15) is 9.59 Å². The zero-order chi connectivity index (χ0) is 14.5. The second-order valence-corrected chi connectivity index (χ2v) is 5.14. The molecule has 1 atom stereocenters. The van der Waals surface area contributed by atoms with Gasteiger partial charge >= 0.3 is 12.1 Å². The lowest BCUT2D eigenvalue weighted by Crippen LogP contribution is -2.13. The molecule has 1 aliphatic heterocycles. The van der Waals surface area contributed by atoms with Crippen molar-refractivity contribution in [1.82, 2.24) is 4.98 Å². The number of carbonyl (C=O) groups excluding carboxylic acids is 1. The number of carboxylic acids is 1. The predicted molar refractivity (Wildman–Crippen MR) is 72.4 cm³/mol. The summed E-state index contributed by atoms with van der Waals surface area (Å²) in [6.07, 6.45) is 1.50. The number of carbonyl (C=O) groups is 2. The van der Waals surface area contributed by atoms with Crippen molar-refractivity contribution in [3.8, 4) is 0 Å². The maximum absolute atomic E-state index is 11.4. The van der Waals surface area contributed by atoms with E-state index in [-0.39, 0.29) is 23.4 Å². The Balaban J connectivity index is 2.14. The highest BCUT2D eigenvalue weighted by molar-refractivity contribution is 7.16. The largest absolute Gasteiger partial charge is 0.476 e. The Morgan fingerprint density at radius 2 is 2.45 bits per heavy atom. The molecule has 2 N–H and O–H groups in total. The highest BCUT2D eigenvalue weighted by Gasteiger charge is 2.28. The van der Waals surface area contributed by atoms with Crippen LogP contribution in [0.2, 0.25) is 0 Å². The van der Waals surface area contributed by atoms with E-state index in [1.807, 2.05) is 0 Å². The van der Waals surface area contributed by atoms with Gasteiger partial charge in [0.1, 0.15) is 6.61 Å². The van der Waals surface area contributed by atoms with Gasteiger partial charge in [-0.1, -0.05) is 12.7 Å². The quantitative estimate of drug-likeness (QED) is 0.808. The standard InChI is InChI=1S/C12H14N2O5S/c1-2-4-19-12(17)14-11-13-8(10(15)16)9(20-11)7-3-5-18-6-7/h2,7H,1,3-6H2,(H,15,16)(H,13,14,17). The number of rotatable bonds is 5. The Kier molecular flexibility index (Phi) is 4.70. The van der Waals surface area contributed by atoms with E-state index >= 15 is 0 Å². The molecule has 1 amide bonds. The Morgan fingerprint density at radius 1 is 1.65 bits per heavy atom. The second-order valence-electron chi connectivity index (χ2n) is 4.11. The molecule has 1 fully saturated rings. The van der Waals surface area contributed by atoms with E-state index < -0.39 is 12.1 Å². The number of hydrogen-bond acceptors (Lipinski definition) is 6. The van der Waals surface area contributed by atoms with Crippen molar-refractivity contribution in [2.24, 2.45) is 0 Å². The summed E-state index contributed by atoms with van der Waals surface area (Å²) in [7, 11) is 0. The van der Waals surface area contributed by atoms with Gasteiger partial charge in [0, 0.05) is 17.4 Å². The number of nitrogens with one attached hydrogen (secondary N) is 1. The number of ether oxygens (including phenoxy) is 2. The third-order valence-corrected chi connectivity index (χ3v) is 3.83. The highest BCUT2D eigenvalue weighted by atomic mass is 32.1. The molecule has 8 heteroatoms. The predicted octanol–water partition coefficient (Wildman–Crippen LogP) is 2.08. The molecule has 0 bridgehead atoms.